The molecular formula is C11H9Cl2N3OS. The number of rotatable bonds is 3. The highest BCUT2D eigenvalue weighted by Gasteiger charge is 2.16. The van der Waals surface area contributed by atoms with Crippen LogP contribution in [0.3, 0.4) is 0 Å². The zero-order valence-electron chi connectivity index (χ0n) is 9.35. The van der Waals surface area contributed by atoms with Crippen LogP contribution in [0.25, 0.3) is 0 Å². The molecule has 1 atom stereocenters. The maximum atomic E-state index is 12.0. The first-order chi connectivity index (χ1) is 8.58. The quantitative estimate of drug-likeness (QED) is 0.885. The minimum atomic E-state index is -0.299. The lowest BCUT2D eigenvalue weighted by Gasteiger charge is -2.12. The van der Waals surface area contributed by atoms with Gasteiger partial charge in [-0.2, -0.15) is 0 Å². The molecule has 0 bridgehead atoms. The fourth-order valence-corrected chi connectivity index (χ4v) is 2.36. The molecule has 2 heterocycles. The van der Waals surface area contributed by atoms with E-state index in [0.29, 0.717) is 5.56 Å². The number of amides is 1. The Morgan fingerprint density at radius 2 is 2.22 bits per heavy atom. The van der Waals surface area contributed by atoms with Crippen molar-refractivity contribution in [3.05, 3.63) is 44.6 Å². The van der Waals surface area contributed by atoms with Crippen molar-refractivity contribution in [1.29, 1.82) is 0 Å². The molecule has 0 aliphatic rings. The van der Waals surface area contributed by atoms with E-state index in [-0.39, 0.29) is 22.1 Å². The van der Waals surface area contributed by atoms with E-state index < -0.39 is 0 Å². The maximum Gasteiger partial charge on any atom is 0.253 e. The van der Waals surface area contributed by atoms with Gasteiger partial charge >= 0.3 is 0 Å². The molecule has 7 heteroatoms. The van der Waals surface area contributed by atoms with E-state index in [0.717, 1.165) is 5.01 Å². The number of nitrogens with zero attached hydrogens (tertiary/aromatic N) is 2. The van der Waals surface area contributed by atoms with Gasteiger partial charge < -0.3 is 5.32 Å². The lowest BCUT2D eigenvalue weighted by Crippen LogP contribution is -2.26. The lowest BCUT2D eigenvalue weighted by molar-refractivity contribution is 0.0940. The monoisotopic (exact) mass is 301 g/mol. The van der Waals surface area contributed by atoms with Gasteiger partial charge in [-0.1, -0.05) is 23.2 Å². The standard InChI is InChI=1S/C11H9Cl2N3OS/c1-6(11-14-2-3-18-11)16-10(17)7-4-9(13)15-5-8(7)12/h2-6H,1H3,(H,16,17). The molecule has 1 amide bonds. The molecule has 2 rings (SSSR count). The summed E-state index contributed by atoms with van der Waals surface area (Å²) in [7, 11) is 0. The highest BCUT2D eigenvalue weighted by Crippen LogP contribution is 2.20. The summed E-state index contributed by atoms with van der Waals surface area (Å²) < 4.78 is 0. The van der Waals surface area contributed by atoms with Gasteiger partial charge in [-0.25, -0.2) is 9.97 Å². The van der Waals surface area contributed by atoms with Gasteiger partial charge in [0.2, 0.25) is 0 Å². The van der Waals surface area contributed by atoms with E-state index in [2.05, 4.69) is 15.3 Å². The molecule has 4 nitrogen and oxygen atoms in total. The van der Waals surface area contributed by atoms with Gasteiger partial charge in [-0.15, -0.1) is 11.3 Å². The molecule has 0 fully saturated rings. The number of pyridine rings is 1. The maximum absolute atomic E-state index is 12.0. The third kappa shape index (κ3) is 2.98. The van der Waals surface area contributed by atoms with Crippen LogP contribution >= 0.6 is 34.5 Å². The molecule has 94 valence electrons. The Kier molecular flexibility index (Phi) is 4.16. The second-order valence-electron chi connectivity index (χ2n) is 3.55. The zero-order valence-corrected chi connectivity index (χ0v) is 11.7. The molecule has 0 aliphatic heterocycles. The summed E-state index contributed by atoms with van der Waals surface area (Å²) in [6.07, 6.45) is 3.05. The van der Waals surface area contributed by atoms with Gasteiger partial charge in [-0.3, -0.25) is 4.79 Å². The third-order valence-corrected chi connectivity index (χ3v) is 3.70. The van der Waals surface area contributed by atoms with Crippen LogP contribution in [0.2, 0.25) is 10.2 Å². The average Bonchev–Trinajstić information content (AvgIpc) is 2.85. The van der Waals surface area contributed by atoms with E-state index in [4.69, 9.17) is 23.2 Å². The van der Waals surface area contributed by atoms with Crippen LogP contribution in [0.5, 0.6) is 0 Å². The topological polar surface area (TPSA) is 54.9 Å². The number of nitrogens with one attached hydrogen (secondary N) is 1. The van der Waals surface area contributed by atoms with Crippen molar-refractivity contribution in [2.24, 2.45) is 0 Å². The number of thiazole rings is 1. The van der Waals surface area contributed by atoms with Gasteiger partial charge in [-0.05, 0) is 13.0 Å². The first-order valence-corrected chi connectivity index (χ1v) is 6.73. The van der Waals surface area contributed by atoms with Crippen LogP contribution in [-0.2, 0) is 0 Å². The second-order valence-corrected chi connectivity index (χ2v) is 5.27. The van der Waals surface area contributed by atoms with Crippen molar-refractivity contribution < 1.29 is 4.79 Å². The van der Waals surface area contributed by atoms with E-state index >= 15 is 0 Å². The van der Waals surface area contributed by atoms with Crippen LogP contribution < -0.4 is 5.32 Å². The fraction of sp³-hybridized carbons (Fsp3) is 0.182. The summed E-state index contributed by atoms with van der Waals surface area (Å²) in [5, 5.41) is 5.99. The first-order valence-electron chi connectivity index (χ1n) is 5.09. The van der Waals surface area contributed by atoms with E-state index in [1.165, 1.54) is 23.6 Å². The minimum Gasteiger partial charge on any atom is -0.343 e. The Morgan fingerprint density at radius 3 is 2.89 bits per heavy atom. The zero-order chi connectivity index (χ0) is 13.1. The van der Waals surface area contributed by atoms with Crippen LogP contribution in [0, 0.1) is 0 Å². The van der Waals surface area contributed by atoms with Gasteiger partial charge in [0, 0.05) is 17.8 Å². The van der Waals surface area contributed by atoms with Gasteiger partial charge in [0.15, 0.2) is 0 Å². The molecule has 0 aliphatic carbocycles. The summed E-state index contributed by atoms with van der Waals surface area (Å²) in [6, 6.07) is 1.26. The van der Waals surface area contributed by atoms with Crippen molar-refractivity contribution in [3.8, 4) is 0 Å². The highest BCUT2D eigenvalue weighted by atomic mass is 35.5. The fourth-order valence-electron chi connectivity index (χ4n) is 1.37. The Balaban J connectivity index is 2.15. The van der Waals surface area contributed by atoms with Crippen LogP contribution in [0.15, 0.2) is 23.8 Å². The molecule has 0 saturated heterocycles. The summed E-state index contributed by atoms with van der Waals surface area (Å²) in [4.78, 5) is 19.9. The Hall–Kier alpha value is -1.17. The number of aromatic nitrogens is 2. The first kappa shape index (κ1) is 13.3. The molecule has 0 aromatic carbocycles. The molecule has 2 aromatic rings. The SMILES string of the molecule is CC(NC(=O)c1cc(Cl)ncc1Cl)c1nccs1. The predicted molar refractivity (Wildman–Crippen MR) is 72.3 cm³/mol. The van der Waals surface area contributed by atoms with Gasteiger partial charge in [0.05, 0.1) is 16.6 Å². The van der Waals surface area contributed by atoms with Crippen LogP contribution in [-0.4, -0.2) is 15.9 Å². The largest absolute Gasteiger partial charge is 0.343 e. The number of carbonyl (C=O) groups is 1. The summed E-state index contributed by atoms with van der Waals surface area (Å²) in [5.41, 5.74) is 0.306. The number of hydrogen-bond acceptors (Lipinski definition) is 4. The number of hydrogen-bond donors (Lipinski definition) is 1. The van der Waals surface area contributed by atoms with Crippen LogP contribution in [0.4, 0.5) is 0 Å². The van der Waals surface area contributed by atoms with Crippen molar-refractivity contribution in [3.63, 3.8) is 0 Å². The van der Waals surface area contributed by atoms with Crippen molar-refractivity contribution in [1.82, 2.24) is 15.3 Å². The van der Waals surface area contributed by atoms with Crippen molar-refractivity contribution >= 4 is 40.4 Å². The van der Waals surface area contributed by atoms with Gasteiger partial charge in [0.25, 0.3) is 5.91 Å². The Morgan fingerprint density at radius 1 is 1.44 bits per heavy atom. The summed E-state index contributed by atoms with van der Waals surface area (Å²) in [5.74, 6) is -0.299. The normalized spacial score (nSPS) is 12.2. The molecule has 0 saturated carbocycles. The molecule has 1 unspecified atom stereocenters. The molecule has 0 radical (unpaired) electrons. The number of halogens is 2. The van der Waals surface area contributed by atoms with Gasteiger partial charge in [0.1, 0.15) is 10.2 Å². The predicted octanol–water partition coefficient (Wildman–Crippen LogP) is 3.34. The van der Waals surface area contributed by atoms with Crippen molar-refractivity contribution in [2.45, 2.75) is 13.0 Å². The highest BCUT2D eigenvalue weighted by molar-refractivity contribution is 7.09. The third-order valence-electron chi connectivity index (χ3n) is 2.24. The molecule has 0 spiro atoms. The Bertz CT molecular complexity index is 559. The van der Waals surface area contributed by atoms with Crippen molar-refractivity contribution in [2.75, 3.05) is 0 Å². The van der Waals surface area contributed by atoms with Crippen LogP contribution in [0.1, 0.15) is 28.3 Å². The van der Waals surface area contributed by atoms with E-state index in [9.17, 15) is 4.79 Å². The molecule has 1 N–H and O–H groups in total. The summed E-state index contributed by atoms with van der Waals surface area (Å²) in [6.45, 7) is 1.85. The second kappa shape index (κ2) is 5.65. The molecule has 2 aromatic heterocycles. The average molecular weight is 302 g/mol. The van der Waals surface area contributed by atoms with E-state index in [1.54, 1.807) is 6.20 Å². The Labute approximate surface area is 118 Å². The molecule has 18 heavy (non-hydrogen) atoms. The minimum absolute atomic E-state index is 0.180. The summed E-state index contributed by atoms with van der Waals surface area (Å²) >= 11 is 13.1. The smallest absolute Gasteiger partial charge is 0.253 e. The van der Waals surface area contributed by atoms with E-state index in [1.807, 2.05) is 12.3 Å². The lowest BCUT2D eigenvalue weighted by atomic mass is 10.2. The number of carbonyl (C=O) groups excluding carboxylic acids is 1. The molecular weight excluding hydrogens is 293 g/mol.